The van der Waals surface area contributed by atoms with Gasteiger partial charge in [0.1, 0.15) is 11.5 Å². The van der Waals surface area contributed by atoms with Gasteiger partial charge in [0, 0.05) is 6.54 Å². The van der Waals surface area contributed by atoms with Crippen LogP contribution in [0.2, 0.25) is 0 Å². The Balaban J connectivity index is 3.11. The predicted molar refractivity (Wildman–Crippen MR) is 42.1 cm³/mol. The fourth-order valence-corrected chi connectivity index (χ4v) is 0.817. The zero-order valence-corrected chi connectivity index (χ0v) is 6.25. The van der Waals surface area contributed by atoms with E-state index in [9.17, 15) is 9.18 Å². The van der Waals surface area contributed by atoms with Gasteiger partial charge in [0.05, 0.1) is 0 Å². The number of nitrogens with zero attached hydrogens (tertiary/aromatic N) is 1. The van der Waals surface area contributed by atoms with Crippen LogP contribution < -0.4 is 5.73 Å². The Morgan fingerprint density at radius 2 is 2.33 bits per heavy atom. The first kappa shape index (κ1) is 8.59. The number of hydrogen-bond acceptors (Lipinski definition) is 3. The number of nitrogens with two attached hydrogens (primary N) is 1. The molecule has 1 rings (SSSR count). The number of isocyanates is 1. The highest BCUT2D eigenvalue weighted by Gasteiger charge is 2.00. The molecule has 4 heteroatoms. The fraction of sp³-hybridized carbons (Fsp3) is 0.125. The molecule has 2 N–H and O–H groups in total. The van der Waals surface area contributed by atoms with E-state index in [1.807, 2.05) is 0 Å². The van der Waals surface area contributed by atoms with Gasteiger partial charge in [0.15, 0.2) is 0 Å². The van der Waals surface area contributed by atoms with E-state index in [1.54, 1.807) is 6.07 Å². The third-order valence-electron chi connectivity index (χ3n) is 1.41. The van der Waals surface area contributed by atoms with Crippen molar-refractivity contribution in [3.63, 3.8) is 0 Å². The summed E-state index contributed by atoms with van der Waals surface area (Å²) in [5.41, 5.74) is 5.92. The lowest BCUT2D eigenvalue weighted by molar-refractivity contribution is 0.564. The second-order valence-electron chi connectivity index (χ2n) is 2.19. The molecule has 1 aromatic carbocycles. The monoisotopic (exact) mass is 166 g/mol. The Morgan fingerprint density at radius 1 is 1.58 bits per heavy atom. The number of halogens is 1. The maximum absolute atomic E-state index is 12.9. The van der Waals surface area contributed by atoms with Crippen molar-refractivity contribution in [1.29, 1.82) is 0 Å². The molecule has 0 saturated carbocycles. The van der Waals surface area contributed by atoms with Gasteiger partial charge in [-0.1, -0.05) is 6.07 Å². The Kier molecular flexibility index (Phi) is 2.69. The molecule has 0 atom stereocenters. The molecule has 0 fully saturated rings. The van der Waals surface area contributed by atoms with Gasteiger partial charge >= 0.3 is 0 Å². The van der Waals surface area contributed by atoms with Crippen molar-refractivity contribution in [2.75, 3.05) is 0 Å². The Bertz CT molecular complexity index is 332. The number of hydrogen-bond donors (Lipinski definition) is 1. The topological polar surface area (TPSA) is 55.4 Å². The van der Waals surface area contributed by atoms with Gasteiger partial charge in [0.2, 0.25) is 6.08 Å². The Hall–Kier alpha value is -1.51. The smallest absolute Gasteiger partial charge is 0.240 e. The van der Waals surface area contributed by atoms with E-state index < -0.39 is 5.82 Å². The summed E-state index contributed by atoms with van der Waals surface area (Å²) < 4.78 is 12.9. The summed E-state index contributed by atoms with van der Waals surface area (Å²) in [7, 11) is 0. The highest BCUT2D eigenvalue weighted by atomic mass is 19.1. The van der Waals surface area contributed by atoms with Crippen molar-refractivity contribution < 1.29 is 9.18 Å². The lowest BCUT2D eigenvalue weighted by Gasteiger charge is -1.97. The first-order valence-electron chi connectivity index (χ1n) is 3.34. The third kappa shape index (κ3) is 1.75. The van der Waals surface area contributed by atoms with Gasteiger partial charge in [0.25, 0.3) is 0 Å². The molecule has 0 aromatic heterocycles. The lowest BCUT2D eigenvalue weighted by Crippen LogP contribution is -1.96. The van der Waals surface area contributed by atoms with Gasteiger partial charge in [-0.2, -0.15) is 4.99 Å². The van der Waals surface area contributed by atoms with Crippen LogP contribution in [0.3, 0.4) is 0 Å². The molecule has 1 aromatic rings. The van der Waals surface area contributed by atoms with Gasteiger partial charge in [-0.3, -0.25) is 0 Å². The Morgan fingerprint density at radius 3 is 2.83 bits per heavy atom. The number of benzene rings is 1. The summed E-state index contributed by atoms with van der Waals surface area (Å²) in [4.78, 5) is 13.0. The van der Waals surface area contributed by atoms with Crippen LogP contribution in [0.4, 0.5) is 10.1 Å². The Labute approximate surface area is 68.7 Å². The molecule has 0 amide bonds. The maximum Gasteiger partial charge on any atom is 0.240 e. The lowest BCUT2D eigenvalue weighted by atomic mass is 10.2. The van der Waals surface area contributed by atoms with E-state index >= 15 is 0 Å². The van der Waals surface area contributed by atoms with E-state index in [0.29, 0.717) is 5.56 Å². The molecular formula is C8H7FN2O. The largest absolute Gasteiger partial charge is 0.326 e. The number of aliphatic imine (C=N–C) groups is 1. The van der Waals surface area contributed by atoms with Crippen LogP contribution in [0.1, 0.15) is 5.56 Å². The van der Waals surface area contributed by atoms with Crippen molar-refractivity contribution in [3.05, 3.63) is 29.6 Å². The van der Waals surface area contributed by atoms with Gasteiger partial charge < -0.3 is 5.73 Å². The second kappa shape index (κ2) is 3.76. The minimum Gasteiger partial charge on any atom is -0.326 e. The molecular weight excluding hydrogens is 159 g/mol. The average Bonchev–Trinajstić information content (AvgIpc) is 2.09. The van der Waals surface area contributed by atoms with Crippen molar-refractivity contribution in [2.45, 2.75) is 6.54 Å². The fourth-order valence-electron chi connectivity index (χ4n) is 0.817. The summed E-state index contributed by atoms with van der Waals surface area (Å²) >= 11 is 0. The summed E-state index contributed by atoms with van der Waals surface area (Å²) in [6.45, 7) is 0.266. The zero-order chi connectivity index (χ0) is 8.97. The minimum absolute atomic E-state index is 0.0119. The van der Waals surface area contributed by atoms with Crippen LogP contribution in [0, 0.1) is 5.82 Å². The van der Waals surface area contributed by atoms with Crippen molar-refractivity contribution in [2.24, 2.45) is 10.7 Å². The molecule has 12 heavy (non-hydrogen) atoms. The first-order chi connectivity index (χ1) is 5.77. The SMILES string of the molecule is NCc1ccc(N=C=O)c(F)c1. The number of carbonyl (C=O) groups excluding carboxylic acids is 1. The standard InChI is InChI=1S/C8H7FN2O/c9-7-3-6(4-10)1-2-8(7)11-5-12/h1-3H,4,10H2. The van der Waals surface area contributed by atoms with Crippen LogP contribution in [-0.4, -0.2) is 6.08 Å². The molecule has 62 valence electrons. The first-order valence-corrected chi connectivity index (χ1v) is 3.34. The molecule has 3 nitrogen and oxygen atoms in total. The van der Waals surface area contributed by atoms with Crippen molar-refractivity contribution in [1.82, 2.24) is 0 Å². The summed E-state index contributed by atoms with van der Waals surface area (Å²) in [5, 5.41) is 0. The summed E-state index contributed by atoms with van der Waals surface area (Å²) in [5.74, 6) is -0.554. The van der Waals surface area contributed by atoms with Gasteiger partial charge in [-0.15, -0.1) is 0 Å². The molecule has 0 aliphatic rings. The zero-order valence-electron chi connectivity index (χ0n) is 6.25. The normalized spacial score (nSPS) is 9.17. The van der Waals surface area contributed by atoms with Crippen LogP contribution in [0.15, 0.2) is 23.2 Å². The molecule has 0 heterocycles. The van der Waals surface area contributed by atoms with E-state index in [1.165, 1.54) is 18.2 Å². The average molecular weight is 166 g/mol. The van der Waals surface area contributed by atoms with Crippen molar-refractivity contribution >= 4 is 11.8 Å². The van der Waals surface area contributed by atoms with Crippen LogP contribution in [0.25, 0.3) is 0 Å². The molecule has 0 unspecified atom stereocenters. The van der Waals surface area contributed by atoms with E-state index in [4.69, 9.17) is 5.73 Å². The summed E-state index contributed by atoms with van der Waals surface area (Å²) in [6.07, 6.45) is 1.27. The molecule has 0 aliphatic carbocycles. The van der Waals surface area contributed by atoms with Crippen LogP contribution >= 0.6 is 0 Å². The quantitative estimate of drug-likeness (QED) is 0.531. The molecule has 0 radical (unpaired) electrons. The minimum atomic E-state index is -0.554. The van der Waals surface area contributed by atoms with E-state index in [2.05, 4.69) is 4.99 Å². The van der Waals surface area contributed by atoms with Gasteiger partial charge in [-0.05, 0) is 17.7 Å². The third-order valence-corrected chi connectivity index (χ3v) is 1.41. The highest BCUT2D eigenvalue weighted by Crippen LogP contribution is 2.17. The number of rotatable bonds is 2. The van der Waals surface area contributed by atoms with Gasteiger partial charge in [-0.25, -0.2) is 9.18 Å². The van der Waals surface area contributed by atoms with Crippen LogP contribution in [0.5, 0.6) is 0 Å². The van der Waals surface area contributed by atoms with E-state index in [-0.39, 0.29) is 12.2 Å². The molecule has 0 saturated heterocycles. The summed E-state index contributed by atoms with van der Waals surface area (Å²) in [6, 6.07) is 4.25. The molecule has 0 bridgehead atoms. The molecule has 0 aliphatic heterocycles. The highest BCUT2D eigenvalue weighted by molar-refractivity contribution is 5.50. The maximum atomic E-state index is 12.9. The molecule has 0 spiro atoms. The van der Waals surface area contributed by atoms with Crippen LogP contribution in [-0.2, 0) is 11.3 Å². The van der Waals surface area contributed by atoms with E-state index in [0.717, 1.165) is 0 Å². The predicted octanol–water partition coefficient (Wildman–Crippen LogP) is 1.25. The van der Waals surface area contributed by atoms with Crippen molar-refractivity contribution in [3.8, 4) is 0 Å². The second-order valence-corrected chi connectivity index (χ2v) is 2.19.